The molecule has 1 aromatic heterocycles. The number of aryl methyl sites for hydroxylation is 1. The highest BCUT2D eigenvalue weighted by atomic mass is 35.5. The second-order valence-corrected chi connectivity index (χ2v) is 6.28. The number of ether oxygens (including phenoxy) is 2. The van der Waals surface area contributed by atoms with E-state index in [2.05, 4.69) is 10.4 Å². The number of hydrogen-bond donors (Lipinski definition) is 1. The topological polar surface area (TPSA) is 65.4 Å². The summed E-state index contributed by atoms with van der Waals surface area (Å²) in [6.07, 6.45) is 4.61. The zero-order chi connectivity index (χ0) is 17.1. The van der Waals surface area contributed by atoms with Crippen molar-refractivity contribution in [1.29, 1.82) is 0 Å². The lowest BCUT2D eigenvalue weighted by molar-refractivity contribution is 0.0844. The fourth-order valence-corrected chi connectivity index (χ4v) is 3.15. The first-order valence-corrected chi connectivity index (χ1v) is 8.18. The van der Waals surface area contributed by atoms with E-state index in [0.29, 0.717) is 29.5 Å². The summed E-state index contributed by atoms with van der Waals surface area (Å²) in [6, 6.07) is 4.99. The Balaban J connectivity index is 1.66. The Hall–Kier alpha value is -2.05. The van der Waals surface area contributed by atoms with Gasteiger partial charge in [-0.25, -0.2) is 0 Å². The van der Waals surface area contributed by atoms with Gasteiger partial charge < -0.3 is 14.8 Å². The molecule has 0 bridgehead atoms. The molecule has 0 unspecified atom stereocenters. The monoisotopic (exact) mass is 349 g/mol. The van der Waals surface area contributed by atoms with Crippen LogP contribution in [0.15, 0.2) is 30.6 Å². The number of nitrogens with zero attached hydrogens (tertiary/aromatic N) is 2. The number of aromatic nitrogens is 2. The van der Waals surface area contributed by atoms with Gasteiger partial charge in [-0.2, -0.15) is 5.10 Å². The van der Waals surface area contributed by atoms with Crippen molar-refractivity contribution in [3.05, 3.63) is 46.7 Å². The van der Waals surface area contributed by atoms with E-state index in [1.807, 2.05) is 19.4 Å². The highest BCUT2D eigenvalue weighted by Gasteiger charge is 2.31. The molecule has 1 aliphatic rings. The Morgan fingerprint density at radius 3 is 3.08 bits per heavy atom. The Bertz CT molecular complexity index is 732. The summed E-state index contributed by atoms with van der Waals surface area (Å²) in [4.78, 5) is 12.5. The molecular formula is C17H20ClN3O3. The molecule has 2 atom stereocenters. The predicted octanol–water partition coefficient (Wildman–Crippen LogP) is 2.59. The van der Waals surface area contributed by atoms with Crippen LogP contribution in [0.4, 0.5) is 0 Å². The highest BCUT2D eigenvalue weighted by molar-refractivity contribution is 6.31. The minimum Gasteiger partial charge on any atom is -0.496 e. The van der Waals surface area contributed by atoms with Crippen LogP contribution in [-0.4, -0.2) is 35.9 Å². The molecule has 24 heavy (non-hydrogen) atoms. The van der Waals surface area contributed by atoms with Crippen LogP contribution in [0.3, 0.4) is 0 Å². The Kier molecular flexibility index (Phi) is 5.06. The molecular weight excluding hydrogens is 330 g/mol. The van der Waals surface area contributed by atoms with Crippen molar-refractivity contribution in [3.8, 4) is 5.75 Å². The van der Waals surface area contributed by atoms with Gasteiger partial charge in [-0.1, -0.05) is 11.6 Å². The molecule has 0 aliphatic carbocycles. The van der Waals surface area contributed by atoms with Crippen molar-refractivity contribution >= 4 is 17.5 Å². The third-order valence-electron chi connectivity index (χ3n) is 4.20. The molecule has 1 aliphatic heterocycles. The predicted molar refractivity (Wildman–Crippen MR) is 90.3 cm³/mol. The second kappa shape index (κ2) is 7.23. The van der Waals surface area contributed by atoms with Crippen LogP contribution in [0.25, 0.3) is 0 Å². The van der Waals surface area contributed by atoms with Crippen molar-refractivity contribution in [3.63, 3.8) is 0 Å². The summed E-state index contributed by atoms with van der Waals surface area (Å²) >= 11 is 5.99. The molecule has 1 fully saturated rings. The minimum absolute atomic E-state index is 0.0414. The molecule has 0 radical (unpaired) electrons. The molecule has 1 amide bonds. The van der Waals surface area contributed by atoms with Crippen molar-refractivity contribution in [1.82, 2.24) is 15.1 Å². The summed E-state index contributed by atoms with van der Waals surface area (Å²) in [5, 5.41) is 7.65. The molecule has 0 saturated carbocycles. The number of methoxy groups -OCH3 is 1. The van der Waals surface area contributed by atoms with Gasteiger partial charge in [-0.05, 0) is 24.6 Å². The molecule has 1 N–H and O–H groups in total. The van der Waals surface area contributed by atoms with Gasteiger partial charge >= 0.3 is 0 Å². The molecule has 6 nitrogen and oxygen atoms in total. The fourth-order valence-electron chi connectivity index (χ4n) is 2.98. The number of carbonyl (C=O) groups excluding carboxylic acids is 1. The summed E-state index contributed by atoms with van der Waals surface area (Å²) in [7, 11) is 3.41. The first-order valence-electron chi connectivity index (χ1n) is 7.80. The zero-order valence-corrected chi connectivity index (χ0v) is 14.4. The smallest absolute Gasteiger partial charge is 0.255 e. The van der Waals surface area contributed by atoms with Crippen LogP contribution in [0.2, 0.25) is 5.02 Å². The fraction of sp³-hybridized carbons (Fsp3) is 0.412. The number of halogens is 1. The Morgan fingerprint density at radius 2 is 2.38 bits per heavy atom. The van der Waals surface area contributed by atoms with E-state index in [1.165, 1.54) is 7.11 Å². The zero-order valence-electron chi connectivity index (χ0n) is 13.7. The molecule has 3 rings (SSSR count). The lowest BCUT2D eigenvalue weighted by Gasteiger charge is -2.18. The third-order valence-corrected chi connectivity index (χ3v) is 4.43. The largest absolute Gasteiger partial charge is 0.496 e. The average Bonchev–Trinajstić information content (AvgIpc) is 3.21. The molecule has 128 valence electrons. The molecule has 2 aromatic rings. The second-order valence-electron chi connectivity index (χ2n) is 5.84. The van der Waals surface area contributed by atoms with E-state index in [9.17, 15) is 4.79 Å². The van der Waals surface area contributed by atoms with E-state index in [-0.39, 0.29) is 17.9 Å². The van der Waals surface area contributed by atoms with E-state index in [0.717, 1.165) is 12.0 Å². The van der Waals surface area contributed by atoms with Crippen molar-refractivity contribution in [2.75, 3.05) is 20.3 Å². The summed E-state index contributed by atoms with van der Waals surface area (Å²) in [5.74, 6) is 0.512. The average molecular weight is 350 g/mol. The highest BCUT2D eigenvalue weighted by Crippen LogP contribution is 2.34. The number of benzene rings is 1. The normalized spacial score (nSPS) is 20.1. The van der Waals surface area contributed by atoms with E-state index in [4.69, 9.17) is 21.1 Å². The van der Waals surface area contributed by atoms with Gasteiger partial charge in [0.2, 0.25) is 0 Å². The van der Waals surface area contributed by atoms with Gasteiger partial charge in [0.05, 0.1) is 25.0 Å². The van der Waals surface area contributed by atoms with Crippen LogP contribution in [0.1, 0.15) is 28.4 Å². The van der Waals surface area contributed by atoms with Crippen LogP contribution in [0.5, 0.6) is 5.75 Å². The molecule has 1 aromatic carbocycles. The molecule has 0 spiro atoms. The maximum atomic E-state index is 12.5. The van der Waals surface area contributed by atoms with Gasteiger partial charge in [0.1, 0.15) is 5.75 Å². The lowest BCUT2D eigenvalue weighted by Crippen LogP contribution is -2.30. The maximum Gasteiger partial charge on any atom is 0.255 e. The van der Waals surface area contributed by atoms with E-state index in [1.54, 1.807) is 22.9 Å². The van der Waals surface area contributed by atoms with Crippen LogP contribution in [-0.2, 0) is 11.8 Å². The molecule has 1 saturated heterocycles. The van der Waals surface area contributed by atoms with Crippen molar-refractivity contribution in [2.24, 2.45) is 13.0 Å². The number of nitrogens with one attached hydrogen (secondary N) is 1. The van der Waals surface area contributed by atoms with Gasteiger partial charge in [0.15, 0.2) is 0 Å². The number of amides is 1. The number of rotatable bonds is 5. The first kappa shape index (κ1) is 16.8. The van der Waals surface area contributed by atoms with E-state index < -0.39 is 0 Å². The Labute approximate surface area is 145 Å². The van der Waals surface area contributed by atoms with Crippen molar-refractivity contribution < 1.29 is 14.3 Å². The van der Waals surface area contributed by atoms with Crippen LogP contribution >= 0.6 is 11.6 Å². The van der Waals surface area contributed by atoms with Crippen molar-refractivity contribution in [2.45, 2.75) is 12.5 Å². The van der Waals surface area contributed by atoms with Crippen LogP contribution < -0.4 is 10.1 Å². The quantitative estimate of drug-likeness (QED) is 0.901. The summed E-state index contributed by atoms with van der Waals surface area (Å²) in [6.45, 7) is 1.20. The Morgan fingerprint density at radius 1 is 1.54 bits per heavy atom. The molecule has 2 heterocycles. The summed E-state index contributed by atoms with van der Waals surface area (Å²) in [5.41, 5.74) is 1.47. The van der Waals surface area contributed by atoms with Gasteiger partial charge in [0.25, 0.3) is 5.91 Å². The lowest BCUT2D eigenvalue weighted by atomic mass is 9.97. The minimum atomic E-state index is -0.203. The van der Waals surface area contributed by atoms with Crippen LogP contribution in [0, 0.1) is 5.92 Å². The van der Waals surface area contributed by atoms with Gasteiger partial charge in [-0.3, -0.25) is 9.48 Å². The third kappa shape index (κ3) is 3.55. The summed E-state index contributed by atoms with van der Waals surface area (Å²) < 4.78 is 12.8. The van der Waals surface area contributed by atoms with E-state index >= 15 is 0 Å². The number of carbonyl (C=O) groups is 1. The number of hydrogen-bond acceptors (Lipinski definition) is 4. The SMILES string of the molecule is COc1ccc(Cl)cc1C(=O)NC[C@@H]1CCO[C@H]1c1cnn(C)c1. The maximum absolute atomic E-state index is 12.5. The standard InChI is InChI=1S/C17H20ClN3O3/c1-21-10-12(9-20-21)16-11(5-6-24-16)8-19-17(22)14-7-13(18)3-4-15(14)23-2/h3-4,7,9-11,16H,5-6,8H2,1-2H3,(H,19,22)/t11-,16+/m0/s1. The van der Waals surface area contributed by atoms with Gasteiger partial charge in [0, 0.05) is 42.9 Å². The van der Waals surface area contributed by atoms with Gasteiger partial charge in [-0.15, -0.1) is 0 Å². The molecule has 7 heteroatoms. The first-order chi connectivity index (χ1) is 11.6.